The number of anilines is 1. The van der Waals surface area contributed by atoms with Gasteiger partial charge < -0.3 is 19.9 Å². The summed E-state index contributed by atoms with van der Waals surface area (Å²) in [6.07, 6.45) is 2.12. The Morgan fingerprint density at radius 2 is 2.10 bits per heavy atom. The predicted octanol–water partition coefficient (Wildman–Crippen LogP) is 2.51. The number of hydrogen-bond acceptors (Lipinski definition) is 6. The zero-order valence-corrected chi connectivity index (χ0v) is 12.6. The molecule has 2 N–H and O–H groups in total. The molecule has 0 spiro atoms. The number of carbonyl (C=O) groups is 1. The van der Waals surface area contributed by atoms with Crippen molar-refractivity contribution < 1.29 is 19.4 Å². The van der Waals surface area contributed by atoms with Crippen LogP contribution >= 0.6 is 11.3 Å². The Hall–Kier alpha value is -2.28. The van der Waals surface area contributed by atoms with Crippen molar-refractivity contribution in [3.8, 4) is 11.5 Å². The van der Waals surface area contributed by atoms with Crippen LogP contribution in [-0.4, -0.2) is 36.8 Å². The summed E-state index contributed by atoms with van der Waals surface area (Å²) in [7, 11) is 3.20. The highest BCUT2D eigenvalue weighted by atomic mass is 32.1. The summed E-state index contributed by atoms with van der Waals surface area (Å²) in [6, 6.07) is 5.75. The van der Waals surface area contributed by atoms with Crippen LogP contribution in [0.3, 0.4) is 0 Å². The second-order valence-electron chi connectivity index (χ2n) is 4.20. The van der Waals surface area contributed by atoms with Crippen molar-refractivity contribution in [1.29, 1.82) is 0 Å². The SMILES string of the molecule is COc1ccc(CCNc2ncc(C(=O)O)s2)cc1OC. The quantitative estimate of drug-likeness (QED) is 0.818. The Morgan fingerprint density at radius 1 is 1.33 bits per heavy atom. The van der Waals surface area contributed by atoms with Gasteiger partial charge in [0.25, 0.3) is 0 Å². The molecule has 21 heavy (non-hydrogen) atoms. The smallest absolute Gasteiger partial charge is 0.347 e. The molecule has 0 aliphatic rings. The third-order valence-corrected chi connectivity index (χ3v) is 3.80. The molecule has 0 amide bonds. The van der Waals surface area contributed by atoms with Gasteiger partial charge in [-0.05, 0) is 24.1 Å². The molecular weight excluding hydrogens is 292 g/mol. The number of aromatic nitrogens is 1. The lowest BCUT2D eigenvalue weighted by Gasteiger charge is -2.09. The lowest BCUT2D eigenvalue weighted by Crippen LogP contribution is -2.04. The van der Waals surface area contributed by atoms with E-state index in [0.29, 0.717) is 23.2 Å². The normalized spacial score (nSPS) is 10.2. The molecule has 2 aromatic rings. The van der Waals surface area contributed by atoms with E-state index < -0.39 is 5.97 Å². The minimum atomic E-state index is -0.958. The van der Waals surface area contributed by atoms with Gasteiger partial charge in [0.1, 0.15) is 4.88 Å². The van der Waals surface area contributed by atoms with E-state index in [9.17, 15) is 4.79 Å². The summed E-state index contributed by atoms with van der Waals surface area (Å²) in [5.41, 5.74) is 1.09. The van der Waals surface area contributed by atoms with Gasteiger partial charge in [-0.3, -0.25) is 0 Å². The molecule has 6 nitrogen and oxygen atoms in total. The maximum Gasteiger partial charge on any atom is 0.347 e. The minimum absolute atomic E-state index is 0.226. The number of benzene rings is 1. The molecule has 0 aliphatic heterocycles. The molecule has 0 saturated carbocycles. The molecule has 0 fully saturated rings. The Kier molecular flexibility index (Phi) is 4.99. The Morgan fingerprint density at radius 3 is 2.71 bits per heavy atom. The first-order chi connectivity index (χ1) is 10.1. The van der Waals surface area contributed by atoms with Crippen molar-refractivity contribution >= 4 is 22.4 Å². The lowest BCUT2D eigenvalue weighted by molar-refractivity contribution is 0.0702. The highest BCUT2D eigenvalue weighted by Gasteiger charge is 2.08. The molecule has 1 heterocycles. The van der Waals surface area contributed by atoms with Crippen molar-refractivity contribution in [3.05, 3.63) is 34.8 Å². The first-order valence-electron chi connectivity index (χ1n) is 6.28. The van der Waals surface area contributed by atoms with E-state index in [1.54, 1.807) is 14.2 Å². The largest absolute Gasteiger partial charge is 0.493 e. The van der Waals surface area contributed by atoms with E-state index in [2.05, 4.69) is 10.3 Å². The Bertz CT molecular complexity index is 627. The summed E-state index contributed by atoms with van der Waals surface area (Å²) in [5.74, 6) is 0.429. The average molecular weight is 308 g/mol. The third-order valence-electron chi connectivity index (χ3n) is 2.85. The van der Waals surface area contributed by atoms with E-state index in [-0.39, 0.29) is 4.88 Å². The van der Waals surface area contributed by atoms with Crippen molar-refractivity contribution in [2.75, 3.05) is 26.1 Å². The molecule has 7 heteroatoms. The van der Waals surface area contributed by atoms with Crippen molar-refractivity contribution in [2.45, 2.75) is 6.42 Å². The van der Waals surface area contributed by atoms with Crippen molar-refractivity contribution in [3.63, 3.8) is 0 Å². The number of carboxylic acids is 1. The zero-order chi connectivity index (χ0) is 15.2. The van der Waals surface area contributed by atoms with E-state index in [0.717, 1.165) is 23.3 Å². The molecule has 0 bridgehead atoms. The highest BCUT2D eigenvalue weighted by molar-refractivity contribution is 7.17. The molecule has 1 aromatic carbocycles. The number of nitrogens with one attached hydrogen (secondary N) is 1. The molecular formula is C14H16N2O4S. The predicted molar refractivity (Wildman–Crippen MR) is 80.8 cm³/mol. The fourth-order valence-corrected chi connectivity index (χ4v) is 2.49. The number of hydrogen-bond donors (Lipinski definition) is 2. The van der Waals surface area contributed by atoms with Gasteiger partial charge >= 0.3 is 5.97 Å². The molecule has 0 atom stereocenters. The van der Waals surface area contributed by atoms with Gasteiger partial charge in [0.15, 0.2) is 16.6 Å². The standard InChI is InChI=1S/C14H16N2O4S/c1-19-10-4-3-9(7-11(10)20-2)5-6-15-14-16-8-12(21-14)13(17)18/h3-4,7-8H,5-6H2,1-2H3,(H,15,16)(H,17,18). The molecule has 0 saturated heterocycles. The van der Waals surface area contributed by atoms with Crippen LogP contribution in [0.2, 0.25) is 0 Å². The van der Waals surface area contributed by atoms with Crippen LogP contribution in [-0.2, 0) is 6.42 Å². The van der Waals surface area contributed by atoms with Crippen LogP contribution in [0.1, 0.15) is 15.2 Å². The second-order valence-corrected chi connectivity index (χ2v) is 5.23. The van der Waals surface area contributed by atoms with Gasteiger partial charge in [-0.15, -0.1) is 0 Å². The van der Waals surface area contributed by atoms with Crippen LogP contribution < -0.4 is 14.8 Å². The number of ether oxygens (including phenoxy) is 2. The first-order valence-corrected chi connectivity index (χ1v) is 7.09. The number of aromatic carboxylic acids is 1. The lowest BCUT2D eigenvalue weighted by atomic mass is 10.1. The van der Waals surface area contributed by atoms with E-state index in [1.807, 2.05) is 18.2 Å². The number of nitrogens with zero attached hydrogens (tertiary/aromatic N) is 1. The summed E-state index contributed by atoms with van der Waals surface area (Å²) in [6.45, 7) is 0.655. The monoisotopic (exact) mass is 308 g/mol. The summed E-state index contributed by atoms with van der Waals surface area (Å²) in [5, 5.41) is 12.5. The van der Waals surface area contributed by atoms with Gasteiger partial charge in [0.2, 0.25) is 0 Å². The van der Waals surface area contributed by atoms with Crippen LogP contribution in [0.4, 0.5) is 5.13 Å². The van der Waals surface area contributed by atoms with E-state index >= 15 is 0 Å². The Labute approximate surface area is 126 Å². The molecule has 0 radical (unpaired) electrons. The summed E-state index contributed by atoms with van der Waals surface area (Å²) < 4.78 is 10.4. The topological polar surface area (TPSA) is 80.7 Å². The van der Waals surface area contributed by atoms with Crippen LogP contribution in [0.15, 0.2) is 24.4 Å². The van der Waals surface area contributed by atoms with Crippen molar-refractivity contribution in [1.82, 2.24) is 4.98 Å². The first kappa shape index (κ1) is 15.1. The third kappa shape index (κ3) is 3.85. The van der Waals surface area contributed by atoms with E-state index in [1.165, 1.54) is 6.20 Å². The maximum atomic E-state index is 10.8. The van der Waals surface area contributed by atoms with Gasteiger partial charge in [0.05, 0.1) is 20.4 Å². The van der Waals surface area contributed by atoms with Gasteiger partial charge in [-0.2, -0.15) is 0 Å². The maximum absolute atomic E-state index is 10.8. The number of thiazole rings is 1. The van der Waals surface area contributed by atoms with Crippen LogP contribution in [0, 0.1) is 0 Å². The summed E-state index contributed by atoms with van der Waals surface area (Å²) in [4.78, 5) is 15.0. The zero-order valence-electron chi connectivity index (χ0n) is 11.8. The number of carboxylic acid groups (broad SMARTS) is 1. The fourth-order valence-electron chi connectivity index (χ4n) is 1.80. The average Bonchev–Trinajstić information content (AvgIpc) is 2.96. The Balaban J connectivity index is 1.92. The van der Waals surface area contributed by atoms with Gasteiger partial charge in [0, 0.05) is 6.54 Å². The molecule has 112 valence electrons. The van der Waals surface area contributed by atoms with Gasteiger partial charge in [-0.25, -0.2) is 9.78 Å². The summed E-state index contributed by atoms with van der Waals surface area (Å²) >= 11 is 1.12. The number of rotatable bonds is 7. The molecule has 1 aromatic heterocycles. The van der Waals surface area contributed by atoms with Gasteiger partial charge in [-0.1, -0.05) is 17.4 Å². The van der Waals surface area contributed by atoms with Crippen LogP contribution in [0.25, 0.3) is 0 Å². The molecule has 2 rings (SSSR count). The van der Waals surface area contributed by atoms with Crippen molar-refractivity contribution in [2.24, 2.45) is 0 Å². The van der Waals surface area contributed by atoms with Crippen LogP contribution in [0.5, 0.6) is 11.5 Å². The minimum Gasteiger partial charge on any atom is -0.493 e. The fraction of sp³-hybridized carbons (Fsp3) is 0.286. The van der Waals surface area contributed by atoms with E-state index in [4.69, 9.17) is 14.6 Å². The molecule has 0 unspecified atom stereocenters. The molecule has 0 aliphatic carbocycles. The highest BCUT2D eigenvalue weighted by Crippen LogP contribution is 2.27. The second kappa shape index (κ2) is 6.94. The number of methoxy groups -OCH3 is 2.